The predicted octanol–water partition coefficient (Wildman–Crippen LogP) is 4.05. The highest BCUT2D eigenvalue weighted by Gasteiger charge is 2.51. The summed E-state index contributed by atoms with van der Waals surface area (Å²) in [5, 5.41) is 17.6. The summed E-state index contributed by atoms with van der Waals surface area (Å²) in [6.07, 6.45) is 7.18. The number of carbonyl (C=O) groups excluding carboxylic acids is 1. The largest absolute Gasteiger partial charge is 0.441 e. The van der Waals surface area contributed by atoms with Crippen molar-refractivity contribution in [1.82, 2.24) is 29.4 Å². The molecule has 3 heterocycles. The van der Waals surface area contributed by atoms with Crippen molar-refractivity contribution in [3.63, 3.8) is 0 Å². The van der Waals surface area contributed by atoms with Crippen molar-refractivity contribution in [2.75, 3.05) is 6.54 Å². The molecule has 2 fully saturated rings. The Balaban J connectivity index is 1.32. The topological polar surface area (TPSA) is 102 Å². The van der Waals surface area contributed by atoms with Gasteiger partial charge in [0.05, 0.1) is 48.3 Å². The molecule has 9 heteroatoms. The normalized spacial score (nSPS) is 25.2. The zero-order chi connectivity index (χ0) is 23.2. The number of carbonyl (C=O) groups is 1. The van der Waals surface area contributed by atoms with E-state index in [1.807, 2.05) is 38.5 Å². The van der Waals surface area contributed by atoms with E-state index in [0.29, 0.717) is 18.7 Å². The molecule has 1 saturated heterocycles. The second kappa shape index (κ2) is 7.87. The van der Waals surface area contributed by atoms with Crippen molar-refractivity contribution in [2.45, 2.75) is 71.2 Å². The fraction of sp³-hybridized carbons (Fsp3) is 0.542. The van der Waals surface area contributed by atoms with Crippen molar-refractivity contribution >= 4 is 17.1 Å². The minimum atomic E-state index is -0.480. The van der Waals surface area contributed by atoms with Gasteiger partial charge in [-0.05, 0) is 63.1 Å². The lowest BCUT2D eigenvalue weighted by atomic mass is 9.68. The summed E-state index contributed by atoms with van der Waals surface area (Å²) in [5.41, 5.74) is 2.72. The first-order valence-electron chi connectivity index (χ1n) is 11.5. The van der Waals surface area contributed by atoms with Crippen LogP contribution in [-0.2, 0) is 17.8 Å². The van der Waals surface area contributed by atoms with Gasteiger partial charge in [-0.3, -0.25) is 4.90 Å². The Morgan fingerprint density at radius 3 is 2.91 bits per heavy atom. The third kappa shape index (κ3) is 4.06. The van der Waals surface area contributed by atoms with Gasteiger partial charge in [0, 0.05) is 12.6 Å². The fourth-order valence-corrected chi connectivity index (χ4v) is 5.46. The van der Waals surface area contributed by atoms with Gasteiger partial charge >= 0.3 is 6.09 Å². The number of hydrogen-bond acceptors (Lipinski definition) is 6. The first kappa shape index (κ1) is 21.4. The SMILES string of the molecule is CC(C)n1cc(CN2C[C@@]3(CCC[C@](C)(Cn4cnc5ccc(C#N)cc54)C3)OC2=O)nn1. The van der Waals surface area contributed by atoms with E-state index in [1.54, 1.807) is 15.6 Å². The molecule has 9 nitrogen and oxygen atoms in total. The molecule has 0 N–H and O–H groups in total. The molecule has 1 spiro atoms. The quantitative estimate of drug-likeness (QED) is 0.585. The van der Waals surface area contributed by atoms with Crippen LogP contribution >= 0.6 is 0 Å². The molecule has 5 rings (SSSR count). The van der Waals surface area contributed by atoms with E-state index >= 15 is 0 Å². The van der Waals surface area contributed by atoms with Gasteiger partial charge in [-0.2, -0.15) is 5.26 Å². The Morgan fingerprint density at radius 2 is 2.15 bits per heavy atom. The predicted molar refractivity (Wildman–Crippen MR) is 121 cm³/mol. The van der Waals surface area contributed by atoms with Crippen LogP contribution in [0.25, 0.3) is 11.0 Å². The maximum atomic E-state index is 12.8. The molecule has 172 valence electrons. The van der Waals surface area contributed by atoms with Crippen LogP contribution in [0.15, 0.2) is 30.7 Å². The highest BCUT2D eigenvalue weighted by atomic mass is 16.6. The zero-order valence-corrected chi connectivity index (χ0v) is 19.4. The number of hydrogen-bond donors (Lipinski definition) is 0. The Labute approximate surface area is 192 Å². The Hall–Kier alpha value is -3.41. The lowest BCUT2D eigenvalue weighted by Crippen LogP contribution is -2.44. The smallest absolute Gasteiger partial charge is 0.410 e. The standard InChI is InChI=1S/C24H29N7O2/c1-17(2)31-12-19(27-28-31)11-29-15-24(33-22(29)32)8-4-7-23(3,13-24)14-30-16-26-20-6-5-18(10-25)9-21(20)30/h5-6,9,12,16-17H,4,7-8,11,13-15H2,1-3H3/t23-,24-/m0/s1. The van der Waals surface area contributed by atoms with E-state index in [2.05, 4.69) is 32.9 Å². The summed E-state index contributed by atoms with van der Waals surface area (Å²) in [6.45, 7) is 8.10. The summed E-state index contributed by atoms with van der Waals surface area (Å²) in [7, 11) is 0. The van der Waals surface area contributed by atoms with E-state index in [-0.39, 0.29) is 17.6 Å². The monoisotopic (exact) mass is 447 g/mol. The molecular weight excluding hydrogens is 418 g/mol. The van der Waals surface area contributed by atoms with E-state index in [0.717, 1.165) is 49.0 Å². The van der Waals surface area contributed by atoms with Crippen molar-refractivity contribution < 1.29 is 9.53 Å². The highest BCUT2D eigenvalue weighted by Crippen LogP contribution is 2.47. The van der Waals surface area contributed by atoms with E-state index in [1.165, 1.54) is 0 Å². The number of ether oxygens (including phenoxy) is 1. The number of nitriles is 1. The third-order valence-electron chi connectivity index (χ3n) is 6.94. The van der Waals surface area contributed by atoms with Crippen LogP contribution in [-0.4, -0.2) is 47.7 Å². The van der Waals surface area contributed by atoms with E-state index in [9.17, 15) is 10.1 Å². The summed E-state index contributed by atoms with van der Waals surface area (Å²) < 4.78 is 9.97. The second-order valence-electron chi connectivity index (χ2n) is 10.2. The van der Waals surface area contributed by atoms with Gasteiger partial charge in [-0.15, -0.1) is 5.10 Å². The molecule has 33 heavy (non-hydrogen) atoms. The molecule has 1 aliphatic heterocycles. The maximum Gasteiger partial charge on any atom is 0.410 e. The van der Waals surface area contributed by atoms with Crippen LogP contribution < -0.4 is 0 Å². The van der Waals surface area contributed by atoms with Gasteiger partial charge < -0.3 is 9.30 Å². The number of rotatable bonds is 5. The number of aromatic nitrogens is 5. The van der Waals surface area contributed by atoms with Crippen LogP contribution in [0.4, 0.5) is 4.79 Å². The molecule has 2 aliphatic rings. The van der Waals surface area contributed by atoms with Crippen LogP contribution in [0.3, 0.4) is 0 Å². The number of fused-ring (bicyclic) bond motifs is 1. The van der Waals surface area contributed by atoms with Gasteiger partial charge in [0.15, 0.2) is 0 Å². The molecular formula is C24H29N7O2. The molecule has 1 aliphatic carbocycles. The Morgan fingerprint density at radius 1 is 1.30 bits per heavy atom. The molecule has 2 aromatic heterocycles. The van der Waals surface area contributed by atoms with Gasteiger partial charge in [0.25, 0.3) is 0 Å². The van der Waals surface area contributed by atoms with E-state index < -0.39 is 5.60 Å². The molecule has 2 atom stereocenters. The average Bonchev–Trinajstić information content (AvgIpc) is 3.46. The molecule has 0 bridgehead atoms. The van der Waals surface area contributed by atoms with Gasteiger partial charge in [-0.25, -0.2) is 14.5 Å². The van der Waals surface area contributed by atoms with Crippen molar-refractivity contribution in [2.24, 2.45) is 5.41 Å². The van der Waals surface area contributed by atoms with Crippen LogP contribution in [0.1, 0.15) is 63.8 Å². The summed E-state index contributed by atoms with van der Waals surface area (Å²) in [5.74, 6) is 0. The van der Waals surface area contributed by atoms with E-state index in [4.69, 9.17) is 4.74 Å². The highest BCUT2D eigenvalue weighted by molar-refractivity contribution is 5.77. The molecule has 1 aromatic carbocycles. The van der Waals surface area contributed by atoms with Crippen molar-refractivity contribution in [3.05, 3.63) is 42.0 Å². The number of nitrogens with zero attached hydrogens (tertiary/aromatic N) is 7. The maximum absolute atomic E-state index is 12.8. The molecule has 1 saturated carbocycles. The van der Waals surface area contributed by atoms with Gasteiger partial charge in [0.1, 0.15) is 11.3 Å². The lowest BCUT2D eigenvalue weighted by Gasteiger charge is -2.43. The van der Waals surface area contributed by atoms with Gasteiger partial charge in [-0.1, -0.05) is 12.1 Å². The Bertz CT molecular complexity index is 1240. The lowest BCUT2D eigenvalue weighted by molar-refractivity contribution is -0.0270. The van der Waals surface area contributed by atoms with Crippen LogP contribution in [0, 0.1) is 16.7 Å². The fourth-order valence-electron chi connectivity index (χ4n) is 5.46. The van der Waals surface area contributed by atoms with Crippen LogP contribution in [0.5, 0.6) is 0 Å². The molecule has 0 unspecified atom stereocenters. The van der Waals surface area contributed by atoms with Crippen LogP contribution in [0.2, 0.25) is 0 Å². The first-order valence-corrected chi connectivity index (χ1v) is 11.5. The van der Waals surface area contributed by atoms with Crippen molar-refractivity contribution in [1.29, 1.82) is 5.26 Å². The number of amides is 1. The first-order chi connectivity index (χ1) is 15.8. The third-order valence-corrected chi connectivity index (χ3v) is 6.94. The summed E-state index contributed by atoms with van der Waals surface area (Å²) in [4.78, 5) is 19.0. The molecule has 1 amide bonds. The zero-order valence-electron chi connectivity index (χ0n) is 19.4. The Kier molecular flexibility index (Phi) is 5.11. The summed E-state index contributed by atoms with van der Waals surface area (Å²) in [6, 6.07) is 8.02. The minimum Gasteiger partial charge on any atom is -0.441 e. The molecule has 0 radical (unpaired) electrons. The van der Waals surface area contributed by atoms with Gasteiger partial charge in [0.2, 0.25) is 0 Å². The molecule has 3 aromatic rings. The summed E-state index contributed by atoms with van der Waals surface area (Å²) >= 11 is 0. The number of imidazole rings is 1. The second-order valence-corrected chi connectivity index (χ2v) is 10.2. The van der Waals surface area contributed by atoms with Crippen molar-refractivity contribution in [3.8, 4) is 6.07 Å². The average molecular weight is 448 g/mol. The number of benzene rings is 1. The minimum absolute atomic E-state index is 0.0500.